The Morgan fingerprint density at radius 3 is 1.33 bits per heavy atom. The first-order chi connectivity index (χ1) is 13.2. The van der Waals surface area contributed by atoms with Gasteiger partial charge in [-0.1, -0.05) is 96.3 Å². The van der Waals surface area contributed by atoms with Crippen molar-refractivity contribution in [1.82, 2.24) is 0 Å². The lowest BCUT2D eigenvalue weighted by Crippen LogP contribution is -2.32. The highest BCUT2D eigenvalue weighted by molar-refractivity contribution is 7.99. The Morgan fingerprint density at radius 1 is 0.667 bits per heavy atom. The molecular formula is C22H45NO3S. The molecule has 4 nitrogen and oxygen atoms in total. The first-order valence-electron chi connectivity index (χ1n) is 11.4. The van der Waals surface area contributed by atoms with E-state index in [1.807, 2.05) is 0 Å². The van der Waals surface area contributed by atoms with Gasteiger partial charge in [-0.3, -0.25) is 4.79 Å². The molecule has 5 heteroatoms. The standard InChI is InChI=1S/C22H45NO3S/c23-21(22(25)26)20-27-19-17-15-13-11-9-7-5-3-1-2-4-6-8-10-12-14-16-18-24/h21,24H,1-20,23H2,(H,25,26)/t21-/m0/s1. The lowest BCUT2D eigenvalue weighted by molar-refractivity contribution is -0.137. The molecule has 0 amide bonds. The van der Waals surface area contributed by atoms with Crippen LogP contribution in [-0.2, 0) is 4.79 Å². The van der Waals surface area contributed by atoms with Crippen LogP contribution in [0, 0.1) is 0 Å². The van der Waals surface area contributed by atoms with Gasteiger partial charge in [-0.15, -0.1) is 0 Å². The van der Waals surface area contributed by atoms with Crippen LogP contribution >= 0.6 is 11.8 Å². The number of carbonyl (C=O) groups is 1. The second kappa shape index (κ2) is 22.0. The van der Waals surface area contributed by atoms with Crippen LogP contribution in [0.3, 0.4) is 0 Å². The Bertz CT molecular complexity index is 316. The number of rotatable bonds is 22. The molecule has 162 valence electrons. The fraction of sp³-hybridized carbons (Fsp3) is 0.955. The molecule has 0 spiro atoms. The van der Waals surface area contributed by atoms with Crippen molar-refractivity contribution in [3.05, 3.63) is 0 Å². The predicted octanol–water partition coefficient (Wildman–Crippen LogP) is 5.76. The van der Waals surface area contributed by atoms with Gasteiger partial charge in [0.1, 0.15) is 6.04 Å². The lowest BCUT2D eigenvalue weighted by Gasteiger charge is -2.06. The number of hydrogen-bond acceptors (Lipinski definition) is 4. The van der Waals surface area contributed by atoms with Crippen molar-refractivity contribution in [2.75, 3.05) is 18.1 Å². The number of aliphatic hydroxyl groups is 1. The number of hydrogen-bond donors (Lipinski definition) is 3. The second-order valence-corrected chi connectivity index (χ2v) is 8.90. The summed E-state index contributed by atoms with van der Waals surface area (Å²) < 4.78 is 0. The lowest BCUT2D eigenvalue weighted by atomic mass is 10.0. The molecule has 0 fully saturated rings. The summed E-state index contributed by atoms with van der Waals surface area (Å²) in [6.07, 6.45) is 22.4. The van der Waals surface area contributed by atoms with Crippen molar-refractivity contribution in [2.24, 2.45) is 5.73 Å². The summed E-state index contributed by atoms with van der Waals surface area (Å²) in [6.45, 7) is 0.352. The van der Waals surface area contributed by atoms with Crippen molar-refractivity contribution in [3.63, 3.8) is 0 Å². The molecule has 4 N–H and O–H groups in total. The predicted molar refractivity (Wildman–Crippen MR) is 119 cm³/mol. The molecule has 0 heterocycles. The third kappa shape index (κ3) is 21.9. The molecule has 0 aliphatic heterocycles. The summed E-state index contributed by atoms with van der Waals surface area (Å²) in [7, 11) is 0. The Hall–Kier alpha value is -0.260. The van der Waals surface area contributed by atoms with E-state index in [-0.39, 0.29) is 0 Å². The molecule has 1 atom stereocenters. The largest absolute Gasteiger partial charge is 0.480 e. The molecule has 0 radical (unpaired) electrons. The van der Waals surface area contributed by atoms with Gasteiger partial charge in [-0.05, 0) is 18.6 Å². The minimum absolute atomic E-state index is 0.352. The molecule has 0 aromatic carbocycles. The number of thioether (sulfide) groups is 1. The highest BCUT2D eigenvalue weighted by Crippen LogP contribution is 2.14. The van der Waals surface area contributed by atoms with Gasteiger partial charge < -0.3 is 15.9 Å². The molecule has 27 heavy (non-hydrogen) atoms. The first-order valence-corrected chi connectivity index (χ1v) is 12.5. The van der Waals surface area contributed by atoms with Crippen LogP contribution in [0.25, 0.3) is 0 Å². The maximum Gasteiger partial charge on any atom is 0.321 e. The molecule has 0 aliphatic rings. The van der Waals surface area contributed by atoms with Gasteiger partial charge in [0, 0.05) is 12.4 Å². The van der Waals surface area contributed by atoms with E-state index in [0.717, 1.165) is 12.2 Å². The third-order valence-electron chi connectivity index (χ3n) is 5.06. The summed E-state index contributed by atoms with van der Waals surface area (Å²) >= 11 is 1.66. The topological polar surface area (TPSA) is 83.5 Å². The van der Waals surface area contributed by atoms with Crippen molar-refractivity contribution in [3.8, 4) is 0 Å². The van der Waals surface area contributed by atoms with Gasteiger partial charge in [-0.2, -0.15) is 11.8 Å². The minimum Gasteiger partial charge on any atom is -0.480 e. The highest BCUT2D eigenvalue weighted by atomic mass is 32.2. The zero-order chi connectivity index (χ0) is 20.0. The molecule has 0 aromatic rings. The monoisotopic (exact) mass is 403 g/mol. The molecule has 0 aromatic heterocycles. The second-order valence-electron chi connectivity index (χ2n) is 7.75. The fourth-order valence-electron chi connectivity index (χ4n) is 3.25. The average molecular weight is 404 g/mol. The van der Waals surface area contributed by atoms with E-state index in [1.54, 1.807) is 11.8 Å². The fourth-order valence-corrected chi connectivity index (χ4v) is 4.22. The van der Waals surface area contributed by atoms with Crippen LogP contribution in [0.1, 0.15) is 109 Å². The minimum atomic E-state index is -0.896. The first kappa shape index (κ1) is 26.7. The average Bonchev–Trinajstić information content (AvgIpc) is 2.66. The van der Waals surface area contributed by atoms with E-state index >= 15 is 0 Å². The normalized spacial score (nSPS) is 12.4. The molecule has 0 saturated carbocycles. The van der Waals surface area contributed by atoms with E-state index in [4.69, 9.17) is 15.9 Å². The SMILES string of the molecule is N[C@@H](CSCCCCCCCCCCCCCCCCCCCO)C(=O)O. The van der Waals surface area contributed by atoms with E-state index in [0.29, 0.717) is 12.4 Å². The smallest absolute Gasteiger partial charge is 0.321 e. The Morgan fingerprint density at radius 2 is 1.00 bits per heavy atom. The van der Waals surface area contributed by atoms with Crippen LogP contribution in [0.4, 0.5) is 0 Å². The number of carboxylic acids is 1. The van der Waals surface area contributed by atoms with Gasteiger partial charge in [0.25, 0.3) is 0 Å². The molecule has 0 saturated heterocycles. The number of aliphatic hydroxyl groups excluding tert-OH is 1. The van der Waals surface area contributed by atoms with Gasteiger partial charge in [0.05, 0.1) is 0 Å². The zero-order valence-electron chi connectivity index (χ0n) is 17.5. The third-order valence-corrected chi connectivity index (χ3v) is 6.23. The van der Waals surface area contributed by atoms with E-state index in [9.17, 15) is 4.79 Å². The summed E-state index contributed by atoms with van der Waals surface area (Å²) in [4.78, 5) is 10.6. The van der Waals surface area contributed by atoms with Gasteiger partial charge in [-0.25, -0.2) is 0 Å². The number of unbranched alkanes of at least 4 members (excludes halogenated alkanes) is 16. The molecular weight excluding hydrogens is 358 g/mol. The molecule has 0 bridgehead atoms. The van der Waals surface area contributed by atoms with E-state index < -0.39 is 12.0 Å². The van der Waals surface area contributed by atoms with Crippen molar-refractivity contribution >= 4 is 17.7 Å². The Labute approximate surface area is 172 Å². The quantitative estimate of drug-likeness (QED) is 0.200. The van der Waals surface area contributed by atoms with E-state index in [2.05, 4.69) is 0 Å². The Kier molecular flexibility index (Phi) is 21.8. The van der Waals surface area contributed by atoms with Crippen LogP contribution in [0.15, 0.2) is 0 Å². The van der Waals surface area contributed by atoms with Gasteiger partial charge >= 0.3 is 5.97 Å². The van der Waals surface area contributed by atoms with E-state index in [1.165, 1.54) is 103 Å². The summed E-state index contributed by atoms with van der Waals surface area (Å²) in [5, 5.41) is 17.4. The number of carboxylic acid groups (broad SMARTS) is 1. The summed E-state index contributed by atoms with van der Waals surface area (Å²) in [5.41, 5.74) is 5.47. The summed E-state index contributed by atoms with van der Waals surface area (Å²) in [6, 6.07) is -0.711. The molecule has 0 aliphatic carbocycles. The van der Waals surface area contributed by atoms with Crippen LogP contribution in [0.5, 0.6) is 0 Å². The summed E-state index contributed by atoms with van der Waals surface area (Å²) in [5.74, 6) is 0.664. The number of aliphatic carboxylic acids is 1. The van der Waals surface area contributed by atoms with Crippen molar-refractivity contribution < 1.29 is 15.0 Å². The van der Waals surface area contributed by atoms with Crippen molar-refractivity contribution in [2.45, 2.75) is 115 Å². The van der Waals surface area contributed by atoms with Crippen LogP contribution in [0.2, 0.25) is 0 Å². The maximum absolute atomic E-state index is 10.6. The number of nitrogens with two attached hydrogens (primary N) is 1. The van der Waals surface area contributed by atoms with Crippen molar-refractivity contribution in [1.29, 1.82) is 0 Å². The maximum atomic E-state index is 10.6. The zero-order valence-corrected chi connectivity index (χ0v) is 18.3. The highest BCUT2D eigenvalue weighted by Gasteiger charge is 2.10. The molecule has 0 rings (SSSR count). The van der Waals surface area contributed by atoms with Gasteiger partial charge in [0.15, 0.2) is 0 Å². The van der Waals surface area contributed by atoms with Crippen LogP contribution < -0.4 is 5.73 Å². The van der Waals surface area contributed by atoms with Crippen LogP contribution in [-0.4, -0.2) is 40.3 Å². The Balaban J connectivity index is 3.04. The van der Waals surface area contributed by atoms with Gasteiger partial charge in [0.2, 0.25) is 0 Å². The molecule has 0 unspecified atom stereocenters.